The molecule has 7 heteroatoms. The van der Waals surface area contributed by atoms with Crippen LogP contribution in [0.3, 0.4) is 0 Å². The van der Waals surface area contributed by atoms with Crippen molar-refractivity contribution in [2.24, 2.45) is 11.7 Å². The number of nitrogens with one attached hydrogen (secondary N) is 1. The Balaban J connectivity index is 2.81. The van der Waals surface area contributed by atoms with Crippen LogP contribution in [0.15, 0.2) is 0 Å². The summed E-state index contributed by atoms with van der Waals surface area (Å²) in [5.41, 5.74) is 5.45. The second-order valence-corrected chi connectivity index (χ2v) is 4.33. The van der Waals surface area contributed by atoms with Crippen LogP contribution in [0.1, 0.15) is 6.92 Å². The molecule has 0 aliphatic carbocycles. The topological polar surface area (TPSA) is 84.7 Å². The average molecular weight is 259 g/mol. The molecule has 0 aromatic heterocycles. The number of morpholine rings is 1. The molecular weight excluding hydrogens is 242 g/mol. The number of nitrogens with zero attached hydrogens (tertiary/aromatic N) is 1. The molecule has 1 saturated heterocycles. The van der Waals surface area contributed by atoms with E-state index >= 15 is 0 Å². The molecule has 6 nitrogen and oxygen atoms in total. The summed E-state index contributed by atoms with van der Waals surface area (Å²) in [7, 11) is 1.52. The Hall–Kier alpha value is -1.21. The maximum Gasteiger partial charge on any atom is 0.244 e. The van der Waals surface area contributed by atoms with Crippen LogP contribution >= 0.6 is 12.2 Å². The van der Waals surface area contributed by atoms with Crippen molar-refractivity contribution in [1.82, 2.24) is 10.2 Å². The van der Waals surface area contributed by atoms with Crippen LogP contribution in [0.4, 0.5) is 0 Å². The lowest BCUT2D eigenvalue weighted by molar-refractivity contribution is -0.149. The molecular formula is C10H17N3O3S. The standard InChI is InChI=1S/C10H17N3O3S/c1-6(8(11)17)10(15)13-3-4-16-5-7(13)9(14)12-2/h6-7H,3-5H2,1-2H3,(H2,11,17)(H,12,14). The summed E-state index contributed by atoms with van der Waals surface area (Å²) in [5.74, 6) is -1.03. The van der Waals surface area contributed by atoms with Gasteiger partial charge in [-0.2, -0.15) is 0 Å². The second kappa shape index (κ2) is 5.92. The van der Waals surface area contributed by atoms with Gasteiger partial charge in [-0.05, 0) is 6.92 Å². The van der Waals surface area contributed by atoms with Crippen molar-refractivity contribution in [3.63, 3.8) is 0 Å². The molecule has 1 heterocycles. The predicted molar refractivity (Wildman–Crippen MR) is 66.3 cm³/mol. The maximum absolute atomic E-state index is 12.1. The number of carbonyl (C=O) groups is 2. The molecule has 0 radical (unpaired) electrons. The zero-order chi connectivity index (χ0) is 13.0. The fraction of sp³-hybridized carbons (Fsp3) is 0.700. The number of ether oxygens (including phenoxy) is 1. The van der Waals surface area contributed by atoms with Crippen LogP contribution in [0.5, 0.6) is 0 Å². The number of hydrogen-bond acceptors (Lipinski definition) is 4. The van der Waals surface area contributed by atoms with E-state index in [0.29, 0.717) is 13.2 Å². The Kier molecular flexibility index (Phi) is 4.83. The van der Waals surface area contributed by atoms with E-state index in [0.717, 1.165) is 0 Å². The number of rotatable bonds is 3. The van der Waals surface area contributed by atoms with Crippen LogP contribution in [0, 0.1) is 5.92 Å². The molecule has 2 amide bonds. The highest BCUT2D eigenvalue weighted by Gasteiger charge is 2.34. The first-order valence-corrected chi connectivity index (χ1v) is 5.79. The number of nitrogens with two attached hydrogens (primary N) is 1. The van der Waals surface area contributed by atoms with Crippen molar-refractivity contribution in [2.45, 2.75) is 13.0 Å². The predicted octanol–water partition coefficient (Wildman–Crippen LogP) is -1.12. The van der Waals surface area contributed by atoms with Crippen molar-refractivity contribution < 1.29 is 14.3 Å². The van der Waals surface area contributed by atoms with E-state index < -0.39 is 12.0 Å². The van der Waals surface area contributed by atoms with E-state index in [1.165, 1.54) is 11.9 Å². The SMILES string of the molecule is CNC(=O)C1COCCN1C(=O)C(C)C(N)=S. The van der Waals surface area contributed by atoms with E-state index in [2.05, 4.69) is 5.32 Å². The normalized spacial score (nSPS) is 21.8. The van der Waals surface area contributed by atoms with Crippen molar-refractivity contribution in [2.75, 3.05) is 26.8 Å². The summed E-state index contributed by atoms with van der Waals surface area (Å²) < 4.78 is 5.21. The van der Waals surface area contributed by atoms with Crippen LogP contribution < -0.4 is 11.1 Å². The minimum absolute atomic E-state index is 0.136. The van der Waals surface area contributed by atoms with Crippen LogP contribution in [-0.2, 0) is 14.3 Å². The lowest BCUT2D eigenvalue weighted by atomic mass is 10.1. The number of hydrogen-bond donors (Lipinski definition) is 2. The smallest absolute Gasteiger partial charge is 0.244 e. The molecule has 1 fully saturated rings. The highest BCUT2D eigenvalue weighted by molar-refractivity contribution is 7.80. The number of carbonyl (C=O) groups excluding carboxylic acids is 2. The van der Waals surface area contributed by atoms with Crippen molar-refractivity contribution in [1.29, 1.82) is 0 Å². The lowest BCUT2D eigenvalue weighted by Crippen LogP contribution is -2.57. The number of thiocarbonyl (C=S) groups is 1. The van der Waals surface area contributed by atoms with Gasteiger partial charge in [-0.15, -0.1) is 0 Å². The Bertz CT molecular complexity index is 335. The summed E-state index contributed by atoms with van der Waals surface area (Å²) in [5, 5.41) is 2.51. The molecule has 1 aliphatic heterocycles. The fourth-order valence-corrected chi connectivity index (χ4v) is 1.72. The summed E-state index contributed by atoms with van der Waals surface area (Å²) in [6.45, 7) is 2.64. The molecule has 17 heavy (non-hydrogen) atoms. The van der Waals surface area contributed by atoms with Crippen molar-refractivity contribution in [3.05, 3.63) is 0 Å². The molecule has 0 spiro atoms. The number of amides is 2. The van der Waals surface area contributed by atoms with Crippen molar-refractivity contribution >= 4 is 29.0 Å². The summed E-state index contributed by atoms with van der Waals surface area (Å²) >= 11 is 4.79. The molecule has 96 valence electrons. The highest BCUT2D eigenvalue weighted by Crippen LogP contribution is 2.12. The first-order chi connectivity index (χ1) is 7.99. The molecule has 2 unspecified atom stereocenters. The van der Waals surface area contributed by atoms with Crippen molar-refractivity contribution in [3.8, 4) is 0 Å². The van der Waals surface area contributed by atoms with Crippen LogP contribution in [0.2, 0.25) is 0 Å². The Morgan fingerprint density at radius 3 is 2.76 bits per heavy atom. The van der Waals surface area contributed by atoms with Gasteiger partial charge in [0.1, 0.15) is 6.04 Å². The summed E-state index contributed by atoms with van der Waals surface area (Å²) in [6, 6.07) is -0.599. The highest BCUT2D eigenvalue weighted by atomic mass is 32.1. The van der Waals surface area contributed by atoms with Gasteiger partial charge < -0.3 is 20.7 Å². The molecule has 0 aromatic rings. The molecule has 1 aliphatic rings. The third-order valence-electron chi connectivity index (χ3n) is 2.76. The van der Waals surface area contributed by atoms with Gasteiger partial charge in [0.15, 0.2) is 0 Å². The molecule has 3 N–H and O–H groups in total. The minimum atomic E-state index is -0.599. The third-order valence-corrected chi connectivity index (χ3v) is 3.11. The molecule has 0 aromatic carbocycles. The fourth-order valence-electron chi connectivity index (χ4n) is 1.62. The molecule has 0 bridgehead atoms. The quantitative estimate of drug-likeness (QED) is 0.627. The van der Waals surface area contributed by atoms with E-state index in [4.69, 9.17) is 22.7 Å². The van der Waals surface area contributed by atoms with Gasteiger partial charge in [0.25, 0.3) is 0 Å². The first-order valence-electron chi connectivity index (χ1n) is 5.38. The Morgan fingerprint density at radius 1 is 1.59 bits per heavy atom. The van der Waals surface area contributed by atoms with Gasteiger partial charge in [0.2, 0.25) is 11.8 Å². The average Bonchev–Trinajstić information content (AvgIpc) is 2.35. The Labute approximate surface area is 105 Å². The van der Waals surface area contributed by atoms with Crippen LogP contribution in [0.25, 0.3) is 0 Å². The molecule has 0 saturated carbocycles. The van der Waals surface area contributed by atoms with E-state index in [1.54, 1.807) is 6.92 Å². The van der Waals surface area contributed by atoms with E-state index in [1.807, 2.05) is 0 Å². The zero-order valence-corrected chi connectivity index (χ0v) is 10.8. The van der Waals surface area contributed by atoms with Crippen LogP contribution in [-0.4, -0.2) is 54.6 Å². The van der Waals surface area contributed by atoms with Gasteiger partial charge in [0, 0.05) is 13.6 Å². The monoisotopic (exact) mass is 259 g/mol. The summed E-state index contributed by atoms with van der Waals surface area (Å²) in [6.07, 6.45) is 0. The van der Waals surface area contributed by atoms with E-state index in [9.17, 15) is 9.59 Å². The first kappa shape index (κ1) is 13.9. The maximum atomic E-state index is 12.1. The second-order valence-electron chi connectivity index (χ2n) is 3.86. The van der Waals surface area contributed by atoms with Gasteiger partial charge in [-0.1, -0.05) is 12.2 Å². The zero-order valence-electron chi connectivity index (χ0n) is 9.93. The van der Waals surface area contributed by atoms with Gasteiger partial charge >= 0.3 is 0 Å². The minimum Gasteiger partial charge on any atom is -0.393 e. The largest absolute Gasteiger partial charge is 0.393 e. The summed E-state index contributed by atoms with van der Waals surface area (Å²) in [4.78, 5) is 25.3. The van der Waals surface area contributed by atoms with Gasteiger partial charge in [-0.25, -0.2) is 0 Å². The number of likely N-dealkylation sites (N-methyl/N-ethyl adjacent to an activating group) is 1. The molecule has 2 atom stereocenters. The van der Waals surface area contributed by atoms with Gasteiger partial charge in [-0.3, -0.25) is 9.59 Å². The van der Waals surface area contributed by atoms with E-state index in [-0.39, 0.29) is 23.4 Å². The van der Waals surface area contributed by atoms with Gasteiger partial charge in [0.05, 0.1) is 24.1 Å². The lowest BCUT2D eigenvalue weighted by Gasteiger charge is -2.35. The molecule has 1 rings (SSSR count). The Morgan fingerprint density at radius 2 is 2.24 bits per heavy atom. The third kappa shape index (κ3) is 3.13.